The van der Waals surface area contributed by atoms with Gasteiger partial charge in [-0.1, -0.05) is 18.7 Å². The van der Waals surface area contributed by atoms with Crippen LogP contribution in [-0.2, 0) is 24.2 Å². The maximum absolute atomic E-state index is 12.6. The minimum absolute atomic E-state index is 0.150. The van der Waals surface area contributed by atoms with Gasteiger partial charge in [0, 0.05) is 11.4 Å². The number of hydrogen-bond donors (Lipinski definition) is 1. The minimum Gasteiger partial charge on any atom is -0.446 e. The van der Waals surface area contributed by atoms with Crippen molar-refractivity contribution in [2.75, 3.05) is 11.1 Å². The first-order valence-corrected chi connectivity index (χ1v) is 12.4. The van der Waals surface area contributed by atoms with Crippen LogP contribution >= 0.6 is 39.0 Å². The standard InChI is InChI=1S/C20H20BrN5O2S2/c1-2-9-26-18(14-7-8-16(21)28-14)24-25-20(26)29-11-17(27)23-19-13(10-22)12-5-3-4-6-15(12)30-19/h7-8H,2-6,9,11H2,1H3,(H,23,27). The van der Waals surface area contributed by atoms with E-state index in [4.69, 9.17) is 4.42 Å². The zero-order valence-electron chi connectivity index (χ0n) is 16.4. The van der Waals surface area contributed by atoms with E-state index in [1.54, 1.807) is 0 Å². The van der Waals surface area contributed by atoms with E-state index < -0.39 is 0 Å². The van der Waals surface area contributed by atoms with Crippen molar-refractivity contribution in [1.29, 1.82) is 5.26 Å². The number of carbonyl (C=O) groups excluding carboxylic acids is 1. The number of nitriles is 1. The highest BCUT2D eigenvalue weighted by Gasteiger charge is 2.22. The van der Waals surface area contributed by atoms with Gasteiger partial charge in [-0.15, -0.1) is 21.5 Å². The Labute approximate surface area is 191 Å². The molecule has 1 N–H and O–H groups in total. The smallest absolute Gasteiger partial charge is 0.235 e. The number of nitrogens with zero attached hydrogens (tertiary/aromatic N) is 4. The van der Waals surface area contributed by atoms with Gasteiger partial charge in [0.15, 0.2) is 15.6 Å². The molecule has 10 heteroatoms. The Bertz CT molecular complexity index is 1110. The van der Waals surface area contributed by atoms with Crippen LogP contribution < -0.4 is 5.32 Å². The number of halogens is 1. The Balaban J connectivity index is 1.46. The zero-order chi connectivity index (χ0) is 21.1. The molecule has 0 aromatic carbocycles. The van der Waals surface area contributed by atoms with Crippen LogP contribution in [0.5, 0.6) is 0 Å². The van der Waals surface area contributed by atoms with Crippen molar-refractivity contribution in [2.45, 2.75) is 50.7 Å². The molecular formula is C20H20BrN5O2S2. The number of thioether (sulfide) groups is 1. The normalized spacial score (nSPS) is 13.1. The summed E-state index contributed by atoms with van der Waals surface area (Å²) < 4.78 is 8.21. The summed E-state index contributed by atoms with van der Waals surface area (Å²) in [5.41, 5.74) is 1.75. The van der Waals surface area contributed by atoms with Crippen molar-refractivity contribution in [3.05, 3.63) is 32.8 Å². The lowest BCUT2D eigenvalue weighted by molar-refractivity contribution is -0.113. The fourth-order valence-electron chi connectivity index (χ4n) is 3.50. The number of rotatable bonds is 7. The van der Waals surface area contributed by atoms with Crippen molar-refractivity contribution in [3.63, 3.8) is 0 Å². The maximum Gasteiger partial charge on any atom is 0.235 e. The van der Waals surface area contributed by atoms with Gasteiger partial charge in [-0.05, 0) is 65.7 Å². The Morgan fingerprint density at radius 1 is 1.40 bits per heavy atom. The van der Waals surface area contributed by atoms with Crippen molar-refractivity contribution < 1.29 is 9.21 Å². The second-order valence-corrected chi connectivity index (χ2v) is 9.75. The fraction of sp³-hybridized carbons (Fsp3) is 0.400. The number of hydrogen-bond acceptors (Lipinski definition) is 7. The average Bonchev–Trinajstić information content (AvgIpc) is 3.43. The number of furan rings is 1. The van der Waals surface area contributed by atoms with Gasteiger partial charge < -0.3 is 9.73 Å². The van der Waals surface area contributed by atoms with Crippen LogP contribution in [0.25, 0.3) is 11.6 Å². The number of aryl methyl sites for hydroxylation is 1. The second kappa shape index (κ2) is 9.37. The Morgan fingerprint density at radius 3 is 2.97 bits per heavy atom. The highest BCUT2D eigenvalue weighted by molar-refractivity contribution is 9.10. The van der Waals surface area contributed by atoms with Crippen LogP contribution in [-0.4, -0.2) is 26.4 Å². The van der Waals surface area contributed by atoms with Crippen LogP contribution in [0, 0.1) is 11.3 Å². The molecule has 7 nitrogen and oxygen atoms in total. The summed E-state index contributed by atoms with van der Waals surface area (Å²) in [6.45, 7) is 2.80. The molecule has 0 saturated heterocycles. The molecule has 0 atom stereocenters. The largest absolute Gasteiger partial charge is 0.446 e. The molecule has 156 valence electrons. The average molecular weight is 506 g/mol. The monoisotopic (exact) mass is 505 g/mol. The van der Waals surface area contributed by atoms with Crippen molar-refractivity contribution in [3.8, 4) is 17.7 Å². The molecule has 0 fully saturated rings. The maximum atomic E-state index is 12.6. The molecule has 0 aliphatic heterocycles. The number of carbonyl (C=O) groups is 1. The number of fused-ring (bicyclic) bond motifs is 1. The zero-order valence-corrected chi connectivity index (χ0v) is 19.6. The number of aromatic nitrogens is 3. The summed E-state index contributed by atoms with van der Waals surface area (Å²) in [6.07, 6.45) is 5.06. The van der Waals surface area contributed by atoms with Crippen molar-refractivity contribution >= 4 is 49.9 Å². The van der Waals surface area contributed by atoms with E-state index in [0.717, 1.165) is 44.2 Å². The highest BCUT2D eigenvalue weighted by atomic mass is 79.9. The Kier molecular flexibility index (Phi) is 6.61. The van der Waals surface area contributed by atoms with E-state index in [0.29, 0.717) is 32.0 Å². The van der Waals surface area contributed by atoms with Gasteiger partial charge in [0.2, 0.25) is 11.7 Å². The van der Waals surface area contributed by atoms with Gasteiger partial charge in [-0.25, -0.2) is 0 Å². The van der Waals surface area contributed by atoms with E-state index in [9.17, 15) is 10.1 Å². The molecule has 3 heterocycles. The van der Waals surface area contributed by atoms with Gasteiger partial charge >= 0.3 is 0 Å². The third-order valence-electron chi connectivity index (χ3n) is 4.83. The molecule has 0 bridgehead atoms. The Hall–Kier alpha value is -2.09. The van der Waals surface area contributed by atoms with E-state index in [1.807, 2.05) is 16.7 Å². The van der Waals surface area contributed by atoms with Crippen LogP contribution in [0.15, 0.2) is 26.4 Å². The molecule has 1 aliphatic rings. The van der Waals surface area contributed by atoms with Crippen LogP contribution in [0.2, 0.25) is 0 Å². The summed E-state index contributed by atoms with van der Waals surface area (Å²) in [5.74, 6) is 1.31. The van der Waals surface area contributed by atoms with Gasteiger partial charge in [-0.2, -0.15) is 5.26 Å². The van der Waals surface area contributed by atoms with E-state index in [-0.39, 0.29) is 11.7 Å². The van der Waals surface area contributed by atoms with E-state index in [1.165, 1.54) is 28.0 Å². The lowest BCUT2D eigenvalue weighted by atomic mass is 9.96. The number of nitrogens with one attached hydrogen (secondary N) is 1. The first-order chi connectivity index (χ1) is 14.6. The molecule has 3 aromatic heterocycles. The first kappa shape index (κ1) is 21.2. The van der Waals surface area contributed by atoms with Gasteiger partial charge in [0.05, 0.1) is 11.3 Å². The molecule has 0 saturated carbocycles. The molecule has 1 amide bonds. The Morgan fingerprint density at radius 2 is 2.23 bits per heavy atom. The minimum atomic E-state index is -0.150. The fourth-order valence-corrected chi connectivity index (χ4v) is 5.83. The summed E-state index contributed by atoms with van der Waals surface area (Å²) in [7, 11) is 0. The SMILES string of the molecule is CCCn1c(SCC(=O)Nc2sc3c(c2C#N)CCCC3)nnc1-c1ccc(Br)o1. The molecule has 0 unspecified atom stereocenters. The van der Waals surface area contributed by atoms with Gasteiger partial charge in [0.1, 0.15) is 11.1 Å². The molecule has 3 aromatic rings. The van der Waals surface area contributed by atoms with Crippen LogP contribution in [0.1, 0.15) is 42.2 Å². The molecular weight excluding hydrogens is 486 g/mol. The molecule has 4 rings (SSSR count). The summed E-state index contributed by atoms with van der Waals surface area (Å²) in [5, 5.41) is 22.3. The van der Waals surface area contributed by atoms with Crippen LogP contribution in [0.3, 0.4) is 0 Å². The number of thiophene rings is 1. The van der Waals surface area contributed by atoms with E-state index >= 15 is 0 Å². The molecule has 0 radical (unpaired) electrons. The summed E-state index contributed by atoms with van der Waals surface area (Å²) in [6, 6.07) is 5.93. The van der Waals surface area contributed by atoms with Crippen LogP contribution in [0.4, 0.5) is 5.00 Å². The lowest BCUT2D eigenvalue weighted by Gasteiger charge is -2.09. The predicted octanol–water partition coefficient (Wildman–Crippen LogP) is 5.25. The summed E-state index contributed by atoms with van der Waals surface area (Å²) in [4.78, 5) is 13.8. The van der Waals surface area contributed by atoms with Crippen molar-refractivity contribution in [1.82, 2.24) is 14.8 Å². The second-order valence-electron chi connectivity index (χ2n) is 6.93. The molecule has 30 heavy (non-hydrogen) atoms. The van der Waals surface area contributed by atoms with E-state index in [2.05, 4.69) is 44.4 Å². The topological polar surface area (TPSA) is 96.7 Å². The third-order valence-corrected chi connectivity index (χ3v) is 7.43. The number of anilines is 1. The van der Waals surface area contributed by atoms with Gasteiger partial charge in [0.25, 0.3) is 0 Å². The van der Waals surface area contributed by atoms with Crippen molar-refractivity contribution in [2.24, 2.45) is 0 Å². The molecule has 1 aliphatic carbocycles. The quantitative estimate of drug-likeness (QED) is 0.440. The first-order valence-electron chi connectivity index (χ1n) is 9.77. The highest BCUT2D eigenvalue weighted by Crippen LogP contribution is 2.37. The lowest BCUT2D eigenvalue weighted by Crippen LogP contribution is -2.14. The van der Waals surface area contributed by atoms with Gasteiger partial charge in [-0.3, -0.25) is 9.36 Å². The predicted molar refractivity (Wildman–Crippen MR) is 121 cm³/mol. The molecule has 0 spiro atoms. The third kappa shape index (κ3) is 4.33. The summed E-state index contributed by atoms with van der Waals surface area (Å²) >= 11 is 6.18. The number of amides is 1.